The van der Waals surface area contributed by atoms with Gasteiger partial charge in [0.05, 0.1) is 0 Å². The van der Waals surface area contributed by atoms with Crippen LogP contribution in [-0.2, 0) is 0 Å². The minimum atomic E-state index is 0.575. The fourth-order valence-corrected chi connectivity index (χ4v) is 1.30. The Morgan fingerprint density at radius 3 is 2.54 bits per heavy atom. The van der Waals surface area contributed by atoms with Gasteiger partial charge in [0.2, 0.25) is 0 Å². The zero-order chi connectivity index (χ0) is 9.68. The fraction of sp³-hybridized carbons (Fsp3) is 0.300. The van der Waals surface area contributed by atoms with Crippen molar-refractivity contribution in [2.75, 3.05) is 12.4 Å². The summed E-state index contributed by atoms with van der Waals surface area (Å²) in [4.78, 5) is 0.764. The largest absolute Gasteiger partial charge is 0.375 e. The molecule has 0 fully saturated rings. The summed E-state index contributed by atoms with van der Waals surface area (Å²) in [5, 5.41) is 3.07. The number of thiocarbonyl (C=S) groups is 1. The predicted octanol–water partition coefficient (Wildman–Crippen LogP) is 2.50. The number of alkyl halides is 1. The molecule has 3 heteroatoms. The van der Waals surface area contributed by atoms with Crippen LogP contribution >= 0.6 is 23.8 Å². The molecule has 1 aromatic rings. The summed E-state index contributed by atoms with van der Waals surface area (Å²) in [5.41, 5.74) is 2.29. The number of benzene rings is 1. The highest BCUT2D eigenvalue weighted by molar-refractivity contribution is 7.80. The van der Waals surface area contributed by atoms with Crippen molar-refractivity contribution < 1.29 is 0 Å². The molecule has 1 nitrogen and oxygen atoms in total. The third kappa shape index (κ3) is 3.33. The molecule has 1 rings (SSSR count). The lowest BCUT2D eigenvalue weighted by atomic mass is 10.1. The molecule has 0 aliphatic rings. The van der Waals surface area contributed by atoms with Gasteiger partial charge in [-0.1, -0.05) is 42.0 Å². The van der Waals surface area contributed by atoms with Crippen molar-refractivity contribution in [1.29, 1.82) is 0 Å². The molecule has 0 aromatic heterocycles. The Hall–Kier alpha value is -0.600. The Morgan fingerprint density at radius 2 is 2.00 bits per heavy atom. The highest BCUT2D eigenvalue weighted by Gasteiger charge is 1.98. The van der Waals surface area contributed by atoms with Gasteiger partial charge in [0.25, 0.3) is 0 Å². The van der Waals surface area contributed by atoms with Crippen molar-refractivity contribution in [2.24, 2.45) is 0 Å². The average molecular weight is 214 g/mol. The fourth-order valence-electron chi connectivity index (χ4n) is 0.968. The molecule has 0 saturated carbocycles. The van der Waals surface area contributed by atoms with Crippen molar-refractivity contribution in [3.05, 3.63) is 35.4 Å². The third-order valence-electron chi connectivity index (χ3n) is 1.69. The van der Waals surface area contributed by atoms with Gasteiger partial charge in [-0.2, -0.15) is 0 Å². The zero-order valence-electron chi connectivity index (χ0n) is 7.51. The number of hydrogen-bond donors (Lipinski definition) is 1. The van der Waals surface area contributed by atoms with E-state index in [-0.39, 0.29) is 0 Å². The Kier molecular flexibility index (Phi) is 4.19. The minimum absolute atomic E-state index is 0.575. The summed E-state index contributed by atoms with van der Waals surface area (Å²) in [5.74, 6) is 0.575. The first-order valence-corrected chi connectivity index (χ1v) is 5.09. The Morgan fingerprint density at radius 1 is 1.38 bits per heavy atom. The molecule has 0 heterocycles. The second kappa shape index (κ2) is 5.20. The van der Waals surface area contributed by atoms with E-state index in [4.69, 9.17) is 23.8 Å². The monoisotopic (exact) mass is 213 g/mol. The van der Waals surface area contributed by atoms with Crippen molar-refractivity contribution in [1.82, 2.24) is 5.32 Å². The van der Waals surface area contributed by atoms with Crippen LogP contribution in [0.4, 0.5) is 0 Å². The lowest BCUT2D eigenvalue weighted by molar-refractivity contribution is 0.989. The first-order valence-electron chi connectivity index (χ1n) is 4.15. The minimum Gasteiger partial charge on any atom is -0.375 e. The van der Waals surface area contributed by atoms with Crippen LogP contribution in [0.1, 0.15) is 11.1 Å². The van der Waals surface area contributed by atoms with E-state index in [9.17, 15) is 0 Å². The number of rotatable bonds is 3. The third-order valence-corrected chi connectivity index (χ3v) is 2.26. The summed E-state index contributed by atoms with van der Waals surface area (Å²) in [7, 11) is 0. The van der Waals surface area contributed by atoms with E-state index in [0.29, 0.717) is 12.4 Å². The van der Waals surface area contributed by atoms with Crippen LogP contribution in [0.15, 0.2) is 24.3 Å². The van der Waals surface area contributed by atoms with Crippen LogP contribution in [0.25, 0.3) is 0 Å². The molecule has 0 amide bonds. The van der Waals surface area contributed by atoms with Gasteiger partial charge in [0.1, 0.15) is 4.99 Å². The van der Waals surface area contributed by atoms with Gasteiger partial charge in [-0.25, -0.2) is 0 Å². The summed E-state index contributed by atoms with van der Waals surface area (Å²) in [6, 6.07) is 8.12. The van der Waals surface area contributed by atoms with Gasteiger partial charge < -0.3 is 5.32 Å². The normalized spacial score (nSPS) is 9.69. The molecule has 70 valence electrons. The number of nitrogens with one attached hydrogen (secondary N) is 1. The van der Waals surface area contributed by atoms with Gasteiger partial charge in [-0.15, -0.1) is 11.6 Å². The van der Waals surface area contributed by atoms with Gasteiger partial charge in [-0.3, -0.25) is 0 Å². The number of halogens is 1. The standard InChI is InChI=1S/C10H12ClNS/c1-8-2-4-9(5-3-8)10(13)12-7-6-11/h2-5H,6-7H2,1H3,(H,12,13). The molecule has 0 aliphatic carbocycles. The molecule has 1 N–H and O–H groups in total. The SMILES string of the molecule is Cc1ccc(C(=S)NCCCl)cc1. The summed E-state index contributed by atoms with van der Waals surface area (Å²) >= 11 is 10.7. The van der Waals surface area contributed by atoms with E-state index in [1.807, 2.05) is 24.3 Å². The van der Waals surface area contributed by atoms with Crippen LogP contribution < -0.4 is 5.32 Å². The summed E-state index contributed by atoms with van der Waals surface area (Å²) < 4.78 is 0. The molecule has 0 atom stereocenters. The van der Waals surface area contributed by atoms with Crippen LogP contribution in [0, 0.1) is 6.92 Å². The number of hydrogen-bond acceptors (Lipinski definition) is 1. The van der Waals surface area contributed by atoms with E-state index >= 15 is 0 Å². The molecule has 0 bridgehead atoms. The molecule has 0 spiro atoms. The van der Waals surface area contributed by atoms with Gasteiger partial charge in [-0.05, 0) is 6.92 Å². The second-order valence-corrected chi connectivity index (χ2v) is 3.60. The maximum absolute atomic E-state index is 5.54. The van der Waals surface area contributed by atoms with Crippen molar-refractivity contribution in [3.63, 3.8) is 0 Å². The quantitative estimate of drug-likeness (QED) is 0.612. The molecule has 1 aromatic carbocycles. The topological polar surface area (TPSA) is 12.0 Å². The van der Waals surface area contributed by atoms with Gasteiger partial charge in [0.15, 0.2) is 0 Å². The smallest absolute Gasteiger partial charge is 0.106 e. The Labute approximate surface area is 89.1 Å². The maximum Gasteiger partial charge on any atom is 0.106 e. The highest BCUT2D eigenvalue weighted by Crippen LogP contribution is 2.03. The summed E-state index contributed by atoms with van der Waals surface area (Å²) in [6.07, 6.45) is 0. The highest BCUT2D eigenvalue weighted by atomic mass is 35.5. The van der Waals surface area contributed by atoms with Crippen LogP contribution in [-0.4, -0.2) is 17.4 Å². The molecule has 0 saturated heterocycles. The lowest BCUT2D eigenvalue weighted by Gasteiger charge is -2.05. The van der Waals surface area contributed by atoms with E-state index in [0.717, 1.165) is 10.6 Å². The molecular formula is C10H12ClNS. The molecule has 13 heavy (non-hydrogen) atoms. The first kappa shape index (κ1) is 10.5. The molecular weight excluding hydrogens is 202 g/mol. The molecule has 0 aliphatic heterocycles. The predicted molar refractivity (Wildman–Crippen MR) is 61.6 cm³/mol. The van der Waals surface area contributed by atoms with Crippen molar-refractivity contribution >= 4 is 28.8 Å². The molecule has 0 radical (unpaired) electrons. The van der Waals surface area contributed by atoms with Crippen molar-refractivity contribution in [3.8, 4) is 0 Å². The second-order valence-electron chi connectivity index (χ2n) is 2.81. The summed E-state index contributed by atoms with van der Waals surface area (Å²) in [6.45, 7) is 2.77. The zero-order valence-corrected chi connectivity index (χ0v) is 9.08. The van der Waals surface area contributed by atoms with Crippen molar-refractivity contribution in [2.45, 2.75) is 6.92 Å². The molecule has 0 unspecified atom stereocenters. The van der Waals surface area contributed by atoms with Gasteiger partial charge >= 0.3 is 0 Å². The lowest BCUT2D eigenvalue weighted by Crippen LogP contribution is -2.24. The maximum atomic E-state index is 5.54. The van der Waals surface area contributed by atoms with Crippen LogP contribution in [0.5, 0.6) is 0 Å². The van der Waals surface area contributed by atoms with E-state index in [1.54, 1.807) is 0 Å². The number of aryl methyl sites for hydroxylation is 1. The van der Waals surface area contributed by atoms with E-state index < -0.39 is 0 Å². The Balaban J connectivity index is 2.61. The average Bonchev–Trinajstić information content (AvgIpc) is 2.15. The van der Waals surface area contributed by atoms with E-state index in [2.05, 4.69) is 12.2 Å². The van der Waals surface area contributed by atoms with Gasteiger partial charge in [0, 0.05) is 18.0 Å². The Bertz CT molecular complexity index is 281. The van der Waals surface area contributed by atoms with E-state index in [1.165, 1.54) is 5.56 Å². The first-order chi connectivity index (χ1) is 6.24. The van der Waals surface area contributed by atoms with Crippen LogP contribution in [0.2, 0.25) is 0 Å². The van der Waals surface area contributed by atoms with Crippen LogP contribution in [0.3, 0.4) is 0 Å².